The first kappa shape index (κ1) is 20.9. The molecule has 0 aromatic heterocycles. The molecule has 0 amide bonds. The Kier molecular flexibility index (Phi) is 12.4. The zero-order valence-corrected chi connectivity index (χ0v) is 16.0. The summed E-state index contributed by atoms with van der Waals surface area (Å²) in [6, 6.07) is 0.831. The zero-order valence-electron chi connectivity index (χ0n) is 16.0. The molecule has 0 atom stereocenters. The van der Waals surface area contributed by atoms with E-state index in [0.717, 1.165) is 17.9 Å². The Hall–Kier alpha value is -0.0800. The van der Waals surface area contributed by atoms with Crippen LogP contribution in [-0.4, -0.2) is 49.6 Å². The Bertz CT molecular complexity index is 212. The van der Waals surface area contributed by atoms with E-state index in [4.69, 9.17) is 0 Å². The normalized spacial score (nSPS) is 27.4. The molecule has 21 heavy (non-hydrogen) atoms. The molecule has 2 aliphatic rings. The van der Waals surface area contributed by atoms with Crippen LogP contribution < -0.4 is 0 Å². The second kappa shape index (κ2) is 12.5. The van der Waals surface area contributed by atoms with Crippen molar-refractivity contribution >= 4 is 0 Å². The zero-order chi connectivity index (χ0) is 16.3. The molecule has 1 aliphatic heterocycles. The first-order valence-electron chi connectivity index (χ1n) is 9.54. The summed E-state index contributed by atoms with van der Waals surface area (Å²) in [4.78, 5) is 5.13. The minimum atomic E-state index is 0.831. The molecule has 2 heteroatoms. The van der Waals surface area contributed by atoms with E-state index >= 15 is 0 Å². The van der Waals surface area contributed by atoms with E-state index in [1.165, 1.54) is 58.2 Å². The van der Waals surface area contributed by atoms with Gasteiger partial charge in [-0.25, -0.2) is 0 Å². The van der Waals surface area contributed by atoms with Crippen molar-refractivity contribution in [1.29, 1.82) is 0 Å². The van der Waals surface area contributed by atoms with Gasteiger partial charge in [0.2, 0.25) is 0 Å². The fourth-order valence-corrected chi connectivity index (χ4v) is 3.50. The van der Waals surface area contributed by atoms with Crippen molar-refractivity contribution in [2.45, 2.75) is 79.2 Å². The minimum Gasteiger partial charge on any atom is -0.306 e. The molecule has 1 aliphatic carbocycles. The number of nitrogens with zero attached hydrogens (tertiary/aromatic N) is 2. The van der Waals surface area contributed by atoms with Crippen LogP contribution in [0.2, 0.25) is 0 Å². The van der Waals surface area contributed by atoms with Gasteiger partial charge in [0.25, 0.3) is 0 Å². The summed E-state index contributed by atoms with van der Waals surface area (Å²) in [5.41, 5.74) is 0. The third kappa shape index (κ3) is 8.21. The quantitative estimate of drug-likeness (QED) is 0.732. The number of likely N-dealkylation sites (tertiary alicyclic amines) is 1. The Morgan fingerprint density at radius 1 is 0.810 bits per heavy atom. The Morgan fingerprint density at radius 3 is 1.71 bits per heavy atom. The van der Waals surface area contributed by atoms with Gasteiger partial charge in [0.1, 0.15) is 0 Å². The molecule has 0 aromatic rings. The molecule has 1 saturated carbocycles. The Balaban J connectivity index is 0.000000921. The largest absolute Gasteiger partial charge is 0.306 e. The summed E-state index contributed by atoms with van der Waals surface area (Å²) < 4.78 is 0. The topological polar surface area (TPSA) is 6.48 Å². The van der Waals surface area contributed by atoms with Gasteiger partial charge in [-0.2, -0.15) is 0 Å². The van der Waals surface area contributed by atoms with E-state index in [1.807, 2.05) is 27.7 Å². The highest BCUT2D eigenvalue weighted by atomic mass is 15.2. The molecule has 1 heterocycles. The van der Waals surface area contributed by atoms with Crippen LogP contribution in [0.1, 0.15) is 73.1 Å². The molecule has 1 saturated heterocycles. The Morgan fingerprint density at radius 2 is 1.29 bits per heavy atom. The van der Waals surface area contributed by atoms with E-state index in [0.29, 0.717) is 0 Å². The number of rotatable bonds is 3. The molecule has 2 fully saturated rings. The summed E-state index contributed by atoms with van der Waals surface area (Å²) in [5, 5.41) is 0. The molecular formula is C19H42N2. The standard InChI is InChI=1S/C15H30N2.2C2H6/c1-13-4-6-14(7-5-13)12-17-10-8-15(9-11-17)16(2)3;2*1-2/h13-15H,4-12H2,1-3H3;2*1-2H3. The molecule has 0 aromatic carbocycles. The average molecular weight is 299 g/mol. The van der Waals surface area contributed by atoms with Crippen molar-refractivity contribution in [1.82, 2.24) is 9.80 Å². The van der Waals surface area contributed by atoms with Gasteiger partial charge in [0, 0.05) is 12.6 Å². The summed E-state index contributed by atoms with van der Waals surface area (Å²) in [6.07, 6.45) is 8.65. The smallest absolute Gasteiger partial charge is 0.0113 e. The van der Waals surface area contributed by atoms with Crippen molar-refractivity contribution in [3.63, 3.8) is 0 Å². The lowest BCUT2D eigenvalue weighted by molar-refractivity contribution is 0.116. The maximum absolute atomic E-state index is 2.72. The first-order chi connectivity index (χ1) is 10.1. The van der Waals surface area contributed by atoms with Crippen molar-refractivity contribution in [2.24, 2.45) is 11.8 Å². The number of piperidine rings is 1. The monoisotopic (exact) mass is 298 g/mol. The molecular weight excluding hydrogens is 256 g/mol. The van der Waals surface area contributed by atoms with Gasteiger partial charge in [-0.15, -0.1) is 0 Å². The van der Waals surface area contributed by atoms with Gasteiger partial charge >= 0.3 is 0 Å². The molecule has 0 N–H and O–H groups in total. The first-order valence-corrected chi connectivity index (χ1v) is 9.54. The van der Waals surface area contributed by atoms with E-state index in [1.54, 1.807) is 0 Å². The SMILES string of the molecule is CC.CC.CC1CCC(CN2CCC(N(C)C)CC2)CC1. The molecule has 0 bridgehead atoms. The lowest BCUT2D eigenvalue weighted by Crippen LogP contribution is -2.43. The van der Waals surface area contributed by atoms with Crippen molar-refractivity contribution < 1.29 is 0 Å². The van der Waals surface area contributed by atoms with Crippen molar-refractivity contribution in [3.8, 4) is 0 Å². The Labute approximate surface area is 135 Å². The second-order valence-corrected chi connectivity index (χ2v) is 6.62. The van der Waals surface area contributed by atoms with Crippen LogP contribution in [0.3, 0.4) is 0 Å². The van der Waals surface area contributed by atoms with E-state index in [-0.39, 0.29) is 0 Å². The van der Waals surface area contributed by atoms with Gasteiger partial charge in [-0.3, -0.25) is 0 Å². The molecule has 0 spiro atoms. The minimum absolute atomic E-state index is 0.831. The molecule has 2 rings (SSSR count). The number of hydrogen-bond acceptors (Lipinski definition) is 2. The van der Waals surface area contributed by atoms with Crippen LogP contribution in [-0.2, 0) is 0 Å². The fourth-order valence-electron chi connectivity index (χ4n) is 3.50. The van der Waals surface area contributed by atoms with E-state index in [2.05, 4.69) is 30.8 Å². The van der Waals surface area contributed by atoms with Gasteiger partial charge in [-0.05, 0) is 64.7 Å². The van der Waals surface area contributed by atoms with Crippen LogP contribution in [0.4, 0.5) is 0 Å². The molecule has 0 unspecified atom stereocenters. The van der Waals surface area contributed by atoms with Gasteiger partial charge in [0.05, 0.1) is 0 Å². The van der Waals surface area contributed by atoms with Gasteiger partial charge in [0.15, 0.2) is 0 Å². The summed E-state index contributed by atoms with van der Waals surface area (Å²) in [7, 11) is 4.45. The maximum atomic E-state index is 2.72. The van der Waals surface area contributed by atoms with Crippen LogP contribution >= 0.6 is 0 Å². The summed E-state index contributed by atoms with van der Waals surface area (Å²) in [6.45, 7) is 14.5. The fraction of sp³-hybridized carbons (Fsp3) is 1.00. The number of hydrogen-bond donors (Lipinski definition) is 0. The van der Waals surface area contributed by atoms with Crippen molar-refractivity contribution in [2.75, 3.05) is 33.7 Å². The van der Waals surface area contributed by atoms with Gasteiger partial charge in [-0.1, -0.05) is 47.5 Å². The van der Waals surface area contributed by atoms with Crippen LogP contribution in [0.15, 0.2) is 0 Å². The van der Waals surface area contributed by atoms with E-state index < -0.39 is 0 Å². The maximum Gasteiger partial charge on any atom is 0.0113 e. The van der Waals surface area contributed by atoms with Crippen LogP contribution in [0, 0.1) is 11.8 Å². The summed E-state index contributed by atoms with van der Waals surface area (Å²) >= 11 is 0. The predicted molar refractivity (Wildman–Crippen MR) is 97.0 cm³/mol. The van der Waals surface area contributed by atoms with E-state index in [9.17, 15) is 0 Å². The summed E-state index contributed by atoms with van der Waals surface area (Å²) in [5.74, 6) is 1.99. The molecule has 0 radical (unpaired) electrons. The third-order valence-electron chi connectivity index (χ3n) is 4.94. The lowest BCUT2D eigenvalue weighted by Gasteiger charge is -2.38. The molecule has 128 valence electrons. The highest BCUT2D eigenvalue weighted by molar-refractivity contribution is 4.80. The highest BCUT2D eigenvalue weighted by Crippen LogP contribution is 2.29. The van der Waals surface area contributed by atoms with Crippen molar-refractivity contribution in [3.05, 3.63) is 0 Å². The highest BCUT2D eigenvalue weighted by Gasteiger charge is 2.24. The van der Waals surface area contributed by atoms with Crippen LogP contribution in [0.5, 0.6) is 0 Å². The average Bonchev–Trinajstić information content (AvgIpc) is 2.54. The second-order valence-electron chi connectivity index (χ2n) is 6.62. The molecule has 2 nitrogen and oxygen atoms in total. The van der Waals surface area contributed by atoms with Gasteiger partial charge < -0.3 is 9.80 Å². The third-order valence-corrected chi connectivity index (χ3v) is 4.94. The lowest BCUT2D eigenvalue weighted by atomic mass is 9.82. The van der Waals surface area contributed by atoms with Crippen LogP contribution in [0.25, 0.3) is 0 Å². The predicted octanol–water partition coefficient (Wildman–Crippen LogP) is 4.89.